The lowest BCUT2D eigenvalue weighted by molar-refractivity contribution is 1.63. The number of fused-ring (bicyclic) bond motifs is 6. The van der Waals surface area contributed by atoms with Gasteiger partial charge in [0.1, 0.15) is 0 Å². The summed E-state index contributed by atoms with van der Waals surface area (Å²) in [5.74, 6) is 0. The third kappa shape index (κ3) is 6.65. The molecule has 0 spiro atoms. The van der Waals surface area contributed by atoms with Crippen molar-refractivity contribution in [3.8, 4) is 44.5 Å². The van der Waals surface area contributed by atoms with E-state index in [4.69, 9.17) is 0 Å². The monoisotopic (exact) mass is 838 g/mol. The highest BCUT2D eigenvalue weighted by Gasteiger charge is 2.18. The Labute approximate surface area is 364 Å². The van der Waals surface area contributed by atoms with Crippen molar-refractivity contribution in [1.29, 1.82) is 0 Å². The molecule has 0 heterocycles. The van der Waals surface area contributed by atoms with Crippen molar-refractivity contribution in [2.75, 3.05) is 0 Å². The highest BCUT2D eigenvalue weighted by atomic mass is 79.9. The number of hydrogen-bond acceptors (Lipinski definition) is 0. The summed E-state index contributed by atoms with van der Waals surface area (Å²) < 4.78 is 1.16. The van der Waals surface area contributed by atoms with Crippen LogP contribution in [0.1, 0.15) is 0 Å². The van der Waals surface area contributed by atoms with Gasteiger partial charge in [-0.1, -0.05) is 206 Å². The molecule has 0 aliphatic heterocycles. The van der Waals surface area contributed by atoms with Gasteiger partial charge in [0.25, 0.3) is 0 Å². The normalized spacial score (nSPS) is 11.4. The molecule has 61 heavy (non-hydrogen) atoms. The zero-order chi connectivity index (χ0) is 40.7. The van der Waals surface area contributed by atoms with Gasteiger partial charge in [-0.15, -0.1) is 0 Å². The van der Waals surface area contributed by atoms with Gasteiger partial charge in [-0.3, -0.25) is 0 Å². The quantitative estimate of drug-likeness (QED) is 0.155. The maximum atomic E-state index is 3.89. The molecule has 0 unspecified atom stereocenters. The average molecular weight is 840 g/mol. The Morgan fingerprint density at radius 2 is 0.508 bits per heavy atom. The minimum absolute atomic E-state index is 1.16. The van der Waals surface area contributed by atoms with E-state index in [2.05, 4.69) is 253 Å². The Morgan fingerprint density at radius 3 is 0.918 bits per heavy atom. The second kappa shape index (κ2) is 15.7. The van der Waals surface area contributed by atoms with Crippen molar-refractivity contribution in [2.45, 2.75) is 0 Å². The molecule has 12 rings (SSSR count). The highest BCUT2D eigenvalue weighted by Crippen LogP contribution is 2.45. The average Bonchev–Trinajstić information content (AvgIpc) is 3.33. The Hall–Kier alpha value is -7.32. The summed E-state index contributed by atoms with van der Waals surface area (Å²) in [5, 5.41) is 15.3. The summed E-state index contributed by atoms with van der Waals surface area (Å²) in [6, 6.07) is 85.3. The van der Waals surface area contributed by atoms with Crippen LogP contribution < -0.4 is 0 Å². The first-order valence-corrected chi connectivity index (χ1v) is 21.7. The molecule has 0 saturated carbocycles. The molecule has 0 aliphatic carbocycles. The summed E-state index contributed by atoms with van der Waals surface area (Å²) in [6.45, 7) is 0. The van der Waals surface area contributed by atoms with Gasteiger partial charge >= 0.3 is 0 Å². The molecular weight excluding hydrogens is 801 g/mol. The minimum atomic E-state index is 1.16. The lowest BCUT2D eigenvalue weighted by Crippen LogP contribution is -1.90. The smallest absolute Gasteiger partial charge is 0.0332 e. The van der Waals surface area contributed by atoms with Crippen molar-refractivity contribution in [3.05, 3.63) is 241 Å². The second-order valence-electron chi connectivity index (χ2n) is 15.7. The molecule has 0 radical (unpaired) electrons. The van der Waals surface area contributed by atoms with Crippen molar-refractivity contribution in [1.82, 2.24) is 0 Å². The molecule has 12 aromatic rings. The van der Waals surface area contributed by atoms with Crippen molar-refractivity contribution in [3.63, 3.8) is 0 Å². The van der Waals surface area contributed by atoms with Crippen LogP contribution in [0.2, 0.25) is 0 Å². The first-order valence-electron chi connectivity index (χ1n) is 20.9. The van der Waals surface area contributed by atoms with Gasteiger partial charge in [0.15, 0.2) is 0 Å². The van der Waals surface area contributed by atoms with Gasteiger partial charge in [0.05, 0.1) is 0 Å². The lowest BCUT2D eigenvalue weighted by atomic mass is 9.87. The van der Waals surface area contributed by atoms with Crippen LogP contribution in [0, 0.1) is 0 Å². The van der Waals surface area contributed by atoms with E-state index in [1.54, 1.807) is 0 Å². The van der Waals surface area contributed by atoms with Crippen LogP contribution in [-0.4, -0.2) is 0 Å². The topological polar surface area (TPSA) is 0 Å². The standard InChI is InChI=1S/C30H19Br.C30H20/c31-30-26-16-8-6-14-24(26)29(25-15-7-9-17-27(25)30)28-19-22(20-10-2-1-3-11-20)18-21-12-4-5-13-23(21)28;1-2-10-21(11-3-1)25-19-22-12-4-7-15-26(22)29(20-25)30-27-16-8-5-13-23(27)18-24-14-6-9-17-28(24)30/h1-19H;1-20H. The molecule has 0 atom stereocenters. The first kappa shape index (κ1) is 36.7. The van der Waals surface area contributed by atoms with Gasteiger partial charge in [-0.2, -0.15) is 0 Å². The second-order valence-corrected chi connectivity index (χ2v) is 16.5. The fourth-order valence-electron chi connectivity index (χ4n) is 9.30. The molecule has 1 heteroatoms. The van der Waals surface area contributed by atoms with Crippen LogP contribution in [0.25, 0.3) is 109 Å². The number of halogens is 1. The number of benzene rings is 12. The predicted molar refractivity (Wildman–Crippen MR) is 267 cm³/mol. The maximum Gasteiger partial charge on any atom is 0.0332 e. The molecule has 0 nitrogen and oxygen atoms in total. The first-order chi connectivity index (χ1) is 30.2. The van der Waals surface area contributed by atoms with E-state index in [1.165, 1.54) is 109 Å². The Morgan fingerprint density at radius 1 is 0.213 bits per heavy atom. The Bertz CT molecular complexity index is 3480. The van der Waals surface area contributed by atoms with E-state index in [0.29, 0.717) is 0 Å². The zero-order valence-corrected chi connectivity index (χ0v) is 35.0. The Kier molecular flexibility index (Phi) is 9.45. The van der Waals surface area contributed by atoms with Crippen molar-refractivity contribution < 1.29 is 0 Å². The summed E-state index contributed by atoms with van der Waals surface area (Å²) in [7, 11) is 0. The third-order valence-electron chi connectivity index (χ3n) is 12.1. The van der Waals surface area contributed by atoms with Crippen molar-refractivity contribution >= 4 is 80.6 Å². The largest absolute Gasteiger partial charge is 0.0622 e. The van der Waals surface area contributed by atoms with Gasteiger partial charge in [0.2, 0.25) is 0 Å². The van der Waals surface area contributed by atoms with E-state index in [9.17, 15) is 0 Å². The fraction of sp³-hybridized carbons (Fsp3) is 0. The van der Waals surface area contributed by atoms with Crippen molar-refractivity contribution in [2.24, 2.45) is 0 Å². The number of hydrogen-bond donors (Lipinski definition) is 0. The molecule has 0 amide bonds. The van der Waals surface area contributed by atoms with Gasteiger partial charge in [-0.05, 0) is 155 Å². The molecule has 0 aliphatic rings. The SMILES string of the molecule is Brc1c2ccccc2c(-c2cc(-c3ccccc3)cc3ccccc23)c2ccccc12.c1ccc(-c2cc(-c3c4ccccc4cc4ccccc34)c3ccccc3c2)cc1. The van der Waals surface area contributed by atoms with Crippen LogP contribution in [0.5, 0.6) is 0 Å². The van der Waals surface area contributed by atoms with E-state index in [-0.39, 0.29) is 0 Å². The summed E-state index contributed by atoms with van der Waals surface area (Å²) in [4.78, 5) is 0. The van der Waals surface area contributed by atoms with Crippen LogP contribution in [-0.2, 0) is 0 Å². The third-order valence-corrected chi connectivity index (χ3v) is 13.0. The van der Waals surface area contributed by atoms with Crippen LogP contribution in [0.4, 0.5) is 0 Å². The number of rotatable bonds is 4. The molecule has 286 valence electrons. The van der Waals surface area contributed by atoms with E-state index in [0.717, 1.165) is 4.47 Å². The highest BCUT2D eigenvalue weighted by molar-refractivity contribution is 9.10. The van der Waals surface area contributed by atoms with Crippen LogP contribution in [0.3, 0.4) is 0 Å². The van der Waals surface area contributed by atoms with E-state index < -0.39 is 0 Å². The summed E-state index contributed by atoms with van der Waals surface area (Å²) in [5.41, 5.74) is 10.2. The maximum absolute atomic E-state index is 3.89. The van der Waals surface area contributed by atoms with Crippen LogP contribution >= 0.6 is 15.9 Å². The predicted octanol–water partition coefficient (Wildman–Crippen LogP) is 17.7. The summed E-state index contributed by atoms with van der Waals surface area (Å²) >= 11 is 3.89. The molecule has 0 aromatic heterocycles. The molecular formula is C60H39Br. The molecule has 0 N–H and O–H groups in total. The molecule has 0 saturated heterocycles. The molecule has 0 bridgehead atoms. The van der Waals surface area contributed by atoms with E-state index in [1.807, 2.05) is 0 Å². The molecule has 12 aromatic carbocycles. The molecule has 0 fully saturated rings. The summed E-state index contributed by atoms with van der Waals surface area (Å²) in [6.07, 6.45) is 0. The lowest BCUT2D eigenvalue weighted by Gasteiger charge is -2.17. The van der Waals surface area contributed by atoms with Crippen LogP contribution in [0.15, 0.2) is 241 Å². The van der Waals surface area contributed by atoms with Gasteiger partial charge in [-0.25, -0.2) is 0 Å². The van der Waals surface area contributed by atoms with Gasteiger partial charge < -0.3 is 0 Å². The fourth-order valence-corrected chi connectivity index (χ4v) is 9.99. The van der Waals surface area contributed by atoms with Gasteiger partial charge in [0, 0.05) is 4.47 Å². The minimum Gasteiger partial charge on any atom is -0.0622 e. The zero-order valence-electron chi connectivity index (χ0n) is 33.4. The Balaban J connectivity index is 0.000000138. The van der Waals surface area contributed by atoms with E-state index >= 15 is 0 Å².